The van der Waals surface area contributed by atoms with E-state index in [1.54, 1.807) is 6.07 Å². The zero-order valence-corrected chi connectivity index (χ0v) is 15.6. The molecule has 1 aliphatic heterocycles. The molecule has 0 saturated carbocycles. The number of thiophene rings is 1. The summed E-state index contributed by atoms with van der Waals surface area (Å²) in [5.41, 5.74) is 1.97. The summed E-state index contributed by atoms with van der Waals surface area (Å²) in [4.78, 5) is 4.70. The van der Waals surface area contributed by atoms with E-state index in [1.807, 2.05) is 29.6 Å². The van der Waals surface area contributed by atoms with Crippen molar-refractivity contribution < 1.29 is 13.2 Å². The normalized spacial score (nSPS) is 14.0. The van der Waals surface area contributed by atoms with E-state index in [1.165, 1.54) is 17.4 Å². The molecule has 2 aromatic heterocycles. The van der Waals surface area contributed by atoms with Gasteiger partial charge in [-0.25, -0.2) is 4.98 Å². The van der Waals surface area contributed by atoms with Gasteiger partial charge in [-0.05, 0) is 40.9 Å². The molecule has 0 saturated heterocycles. The average molecular weight is 411 g/mol. The van der Waals surface area contributed by atoms with Gasteiger partial charge in [-0.1, -0.05) is 18.2 Å². The van der Waals surface area contributed by atoms with Crippen LogP contribution in [0, 0.1) is 0 Å². The van der Waals surface area contributed by atoms with E-state index in [9.17, 15) is 13.2 Å². The lowest BCUT2D eigenvalue weighted by atomic mass is 10.1. The molecule has 0 aliphatic carbocycles. The maximum atomic E-state index is 13.0. The summed E-state index contributed by atoms with van der Waals surface area (Å²) in [7, 11) is 0. The summed E-state index contributed by atoms with van der Waals surface area (Å²) >= 11 is 1.49. The standard InChI is InChI=1S/C20H12F3N5S/c21-20(22,23)12-2-1-3-13(9-12)25-19-18-15(6-7-29-18)14-5-4-11(8-16(14)26-19)17-10-24-28-27-17/h1-9H,10H2,(H,25,26). The number of aromatic nitrogens is 1. The number of hydrogen-bond donors (Lipinski definition) is 1. The summed E-state index contributed by atoms with van der Waals surface area (Å²) in [6, 6.07) is 12.9. The molecular formula is C20H12F3N5S. The molecular weight excluding hydrogens is 399 g/mol. The Labute approximate surface area is 166 Å². The van der Waals surface area contributed by atoms with Gasteiger partial charge in [-0.15, -0.1) is 16.4 Å². The minimum atomic E-state index is -4.40. The number of anilines is 2. The Morgan fingerprint density at radius 1 is 1.00 bits per heavy atom. The molecule has 5 nitrogen and oxygen atoms in total. The number of alkyl halides is 3. The molecule has 0 bridgehead atoms. The van der Waals surface area contributed by atoms with Gasteiger partial charge in [0, 0.05) is 22.0 Å². The molecule has 1 N–H and O–H groups in total. The zero-order valence-electron chi connectivity index (χ0n) is 14.7. The second-order valence-electron chi connectivity index (χ2n) is 6.49. The number of nitrogens with one attached hydrogen (secondary N) is 1. The van der Waals surface area contributed by atoms with Crippen molar-refractivity contribution in [3.8, 4) is 0 Å². The maximum absolute atomic E-state index is 13.0. The highest BCUT2D eigenvalue weighted by Gasteiger charge is 2.30. The third kappa shape index (κ3) is 3.23. The first-order valence-corrected chi connectivity index (χ1v) is 9.56. The first-order valence-electron chi connectivity index (χ1n) is 8.68. The molecule has 0 radical (unpaired) electrons. The number of benzene rings is 2. The molecule has 9 heteroatoms. The minimum Gasteiger partial charge on any atom is -0.339 e. The molecule has 5 rings (SSSR count). The van der Waals surface area contributed by atoms with Gasteiger partial charge in [-0.3, -0.25) is 0 Å². The zero-order chi connectivity index (χ0) is 20.0. The highest BCUT2D eigenvalue weighted by Crippen LogP contribution is 2.36. The van der Waals surface area contributed by atoms with Crippen molar-refractivity contribution in [2.24, 2.45) is 15.4 Å². The van der Waals surface area contributed by atoms with Crippen LogP contribution in [0.4, 0.5) is 24.7 Å². The molecule has 29 heavy (non-hydrogen) atoms. The van der Waals surface area contributed by atoms with Crippen molar-refractivity contribution in [3.63, 3.8) is 0 Å². The van der Waals surface area contributed by atoms with Crippen molar-refractivity contribution in [2.45, 2.75) is 6.18 Å². The molecule has 2 aromatic carbocycles. The maximum Gasteiger partial charge on any atom is 0.416 e. The molecule has 1 aliphatic rings. The predicted octanol–water partition coefficient (Wildman–Crippen LogP) is 6.38. The van der Waals surface area contributed by atoms with E-state index < -0.39 is 11.7 Å². The molecule has 3 heterocycles. The molecule has 144 valence electrons. The van der Waals surface area contributed by atoms with Crippen LogP contribution in [0.1, 0.15) is 11.1 Å². The van der Waals surface area contributed by atoms with Gasteiger partial charge < -0.3 is 5.32 Å². The quantitative estimate of drug-likeness (QED) is 0.425. The Hall–Kier alpha value is -3.33. The molecule has 0 fully saturated rings. The van der Waals surface area contributed by atoms with E-state index in [-0.39, 0.29) is 0 Å². The van der Waals surface area contributed by atoms with Gasteiger partial charge in [0.05, 0.1) is 21.5 Å². The summed E-state index contributed by atoms with van der Waals surface area (Å²) in [5, 5.41) is 18.5. The topological polar surface area (TPSA) is 62.0 Å². The van der Waals surface area contributed by atoms with E-state index >= 15 is 0 Å². The van der Waals surface area contributed by atoms with Crippen molar-refractivity contribution >= 4 is 49.5 Å². The molecule has 0 atom stereocenters. The monoisotopic (exact) mass is 411 g/mol. The van der Waals surface area contributed by atoms with E-state index in [4.69, 9.17) is 4.98 Å². The number of fused-ring (bicyclic) bond motifs is 3. The largest absolute Gasteiger partial charge is 0.416 e. The highest BCUT2D eigenvalue weighted by molar-refractivity contribution is 7.18. The third-order valence-electron chi connectivity index (χ3n) is 4.64. The van der Waals surface area contributed by atoms with Crippen molar-refractivity contribution in [1.29, 1.82) is 0 Å². The van der Waals surface area contributed by atoms with Crippen LogP contribution in [0.15, 0.2) is 69.3 Å². The van der Waals surface area contributed by atoms with Crippen molar-refractivity contribution in [1.82, 2.24) is 4.98 Å². The SMILES string of the molecule is FC(F)(F)c1cccc(Nc2nc3cc(C4=NN=NC4)ccc3c3ccsc23)c1. The van der Waals surface area contributed by atoms with Gasteiger partial charge in [0.25, 0.3) is 0 Å². The predicted molar refractivity (Wildman–Crippen MR) is 108 cm³/mol. The summed E-state index contributed by atoms with van der Waals surface area (Å²) in [6.45, 7) is 0.418. The Morgan fingerprint density at radius 3 is 2.69 bits per heavy atom. The van der Waals surface area contributed by atoms with Crippen LogP contribution < -0.4 is 5.32 Å². The number of hydrogen-bond acceptors (Lipinski definition) is 6. The van der Waals surface area contributed by atoms with Crippen LogP contribution >= 0.6 is 11.3 Å². The second kappa shape index (κ2) is 6.63. The number of nitrogens with zero attached hydrogens (tertiary/aromatic N) is 4. The summed E-state index contributed by atoms with van der Waals surface area (Å²) in [5.74, 6) is 0.515. The molecule has 0 spiro atoms. The Kier molecular flexibility index (Phi) is 4.06. The van der Waals surface area contributed by atoms with E-state index in [0.29, 0.717) is 18.1 Å². The minimum absolute atomic E-state index is 0.329. The van der Waals surface area contributed by atoms with E-state index in [2.05, 4.69) is 20.8 Å². The number of halogens is 3. The van der Waals surface area contributed by atoms with Crippen LogP contribution in [0.25, 0.3) is 21.0 Å². The number of pyridine rings is 1. The van der Waals surface area contributed by atoms with Gasteiger partial charge in [0.2, 0.25) is 0 Å². The summed E-state index contributed by atoms with van der Waals surface area (Å²) < 4.78 is 40.0. The fourth-order valence-corrected chi connectivity index (χ4v) is 4.12. The van der Waals surface area contributed by atoms with Crippen LogP contribution in [0.2, 0.25) is 0 Å². The number of rotatable bonds is 3. The highest BCUT2D eigenvalue weighted by atomic mass is 32.1. The van der Waals surface area contributed by atoms with Gasteiger partial charge in [-0.2, -0.15) is 18.3 Å². The first kappa shape index (κ1) is 17.7. The summed E-state index contributed by atoms with van der Waals surface area (Å²) in [6.07, 6.45) is -4.40. The van der Waals surface area contributed by atoms with Crippen molar-refractivity contribution in [2.75, 3.05) is 11.9 Å². The van der Waals surface area contributed by atoms with Gasteiger partial charge >= 0.3 is 6.18 Å². The second-order valence-corrected chi connectivity index (χ2v) is 7.41. The van der Waals surface area contributed by atoms with Crippen LogP contribution in [0.3, 0.4) is 0 Å². The van der Waals surface area contributed by atoms with Crippen LogP contribution in [0.5, 0.6) is 0 Å². The average Bonchev–Trinajstić information content (AvgIpc) is 3.39. The lowest BCUT2D eigenvalue weighted by Gasteiger charge is -2.12. The van der Waals surface area contributed by atoms with Gasteiger partial charge in [0.1, 0.15) is 12.4 Å². The smallest absolute Gasteiger partial charge is 0.339 e. The lowest BCUT2D eigenvalue weighted by Crippen LogP contribution is -2.05. The third-order valence-corrected chi connectivity index (χ3v) is 5.56. The van der Waals surface area contributed by atoms with Crippen LogP contribution in [-0.2, 0) is 6.18 Å². The van der Waals surface area contributed by atoms with Crippen molar-refractivity contribution in [3.05, 3.63) is 65.0 Å². The van der Waals surface area contributed by atoms with E-state index in [0.717, 1.165) is 44.4 Å². The first-order chi connectivity index (χ1) is 14.0. The fourth-order valence-electron chi connectivity index (χ4n) is 3.27. The van der Waals surface area contributed by atoms with Crippen LogP contribution in [-0.4, -0.2) is 17.2 Å². The Bertz CT molecular complexity index is 1310. The Morgan fingerprint density at radius 2 is 1.90 bits per heavy atom. The molecule has 0 amide bonds. The molecule has 0 unspecified atom stereocenters. The Balaban J connectivity index is 1.62. The lowest BCUT2D eigenvalue weighted by molar-refractivity contribution is -0.137. The fraction of sp³-hybridized carbons (Fsp3) is 0.100. The molecule has 4 aromatic rings. The van der Waals surface area contributed by atoms with Gasteiger partial charge in [0.15, 0.2) is 0 Å².